The molecule has 5 nitrogen and oxygen atoms in total. The maximum atomic E-state index is 5.39. The van der Waals surface area contributed by atoms with Crippen molar-refractivity contribution in [1.82, 2.24) is 15.1 Å². The number of aryl methyl sites for hydroxylation is 1. The topological polar surface area (TPSA) is 63.8 Å². The average Bonchev–Trinajstić information content (AvgIpc) is 3.27. The van der Waals surface area contributed by atoms with Crippen LogP contribution in [0.5, 0.6) is 0 Å². The molecule has 0 aliphatic carbocycles. The minimum Gasteiger partial charge on any atom is -0.347 e. The van der Waals surface area contributed by atoms with Gasteiger partial charge in [0, 0.05) is 6.42 Å². The molecule has 2 aromatic carbocycles. The zero-order valence-corrected chi connectivity index (χ0v) is 14.7. The van der Waals surface area contributed by atoms with Crippen LogP contribution < -0.4 is 5.32 Å². The molecule has 25 heavy (non-hydrogen) atoms. The molecule has 0 saturated carbocycles. The fourth-order valence-corrected chi connectivity index (χ4v) is 3.59. The first-order valence-corrected chi connectivity index (χ1v) is 9.14. The van der Waals surface area contributed by atoms with Crippen molar-refractivity contribution < 1.29 is 4.52 Å². The van der Waals surface area contributed by atoms with Crippen LogP contribution in [0.3, 0.4) is 0 Å². The van der Waals surface area contributed by atoms with Crippen LogP contribution in [-0.2, 0) is 6.42 Å². The Labute approximate surface area is 149 Å². The van der Waals surface area contributed by atoms with Gasteiger partial charge in [-0.3, -0.25) is 0 Å². The highest BCUT2D eigenvalue weighted by Gasteiger charge is 2.21. The van der Waals surface area contributed by atoms with Crippen molar-refractivity contribution >= 4 is 26.7 Å². The van der Waals surface area contributed by atoms with Crippen LogP contribution in [0.15, 0.2) is 59.1 Å². The molecule has 0 fully saturated rings. The molecule has 4 aromatic rings. The highest BCUT2D eigenvalue weighted by Crippen LogP contribution is 2.30. The number of anilines is 1. The van der Waals surface area contributed by atoms with E-state index in [9.17, 15) is 0 Å². The average molecular weight is 350 g/mol. The number of nitrogens with one attached hydrogen (secondary N) is 1. The molecule has 4 rings (SSSR count). The van der Waals surface area contributed by atoms with E-state index in [4.69, 9.17) is 4.52 Å². The van der Waals surface area contributed by atoms with Crippen molar-refractivity contribution in [2.75, 3.05) is 5.32 Å². The third kappa shape index (κ3) is 3.39. The summed E-state index contributed by atoms with van der Waals surface area (Å²) in [6.07, 6.45) is 1.76. The van der Waals surface area contributed by atoms with Gasteiger partial charge < -0.3 is 9.84 Å². The second-order valence-electron chi connectivity index (χ2n) is 5.77. The molecule has 0 bridgehead atoms. The summed E-state index contributed by atoms with van der Waals surface area (Å²) in [5.41, 5.74) is 2.06. The SMILES string of the molecule is CCCc1nc(C(Nc2nc3ccccc3s2)c2ccccc2)no1. The third-order valence-electron chi connectivity index (χ3n) is 3.90. The summed E-state index contributed by atoms with van der Waals surface area (Å²) >= 11 is 1.62. The zero-order chi connectivity index (χ0) is 17.1. The highest BCUT2D eigenvalue weighted by molar-refractivity contribution is 7.22. The van der Waals surface area contributed by atoms with E-state index in [1.54, 1.807) is 11.3 Å². The minimum atomic E-state index is -0.198. The van der Waals surface area contributed by atoms with Crippen LogP contribution in [-0.4, -0.2) is 15.1 Å². The standard InChI is InChI=1S/C19H18N4OS/c1-2-8-16-21-18(23-24-16)17(13-9-4-3-5-10-13)22-19-20-14-11-6-7-12-15(14)25-19/h3-7,9-12,17H,2,8H2,1H3,(H,20,22). The molecule has 2 heterocycles. The summed E-state index contributed by atoms with van der Waals surface area (Å²) in [7, 11) is 0. The van der Waals surface area contributed by atoms with Gasteiger partial charge in [-0.2, -0.15) is 4.98 Å². The molecule has 2 aromatic heterocycles. The molecule has 0 aliphatic heterocycles. The number of nitrogens with zero attached hydrogens (tertiary/aromatic N) is 3. The van der Waals surface area contributed by atoms with Gasteiger partial charge in [0.1, 0.15) is 6.04 Å². The van der Waals surface area contributed by atoms with Gasteiger partial charge in [0.2, 0.25) is 5.89 Å². The van der Waals surface area contributed by atoms with Crippen LogP contribution in [0, 0.1) is 0 Å². The van der Waals surface area contributed by atoms with Gasteiger partial charge in [-0.05, 0) is 24.1 Å². The first-order chi connectivity index (χ1) is 12.3. The number of para-hydroxylation sites is 1. The molecule has 0 saturated heterocycles. The Morgan fingerprint density at radius 3 is 2.64 bits per heavy atom. The maximum Gasteiger partial charge on any atom is 0.226 e. The summed E-state index contributed by atoms with van der Waals surface area (Å²) in [5.74, 6) is 1.30. The highest BCUT2D eigenvalue weighted by atomic mass is 32.1. The van der Waals surface area contributed by atoms with Gasteiger partial charge >= 0.3 is 0 Å². The number of hydrogen-bond acceptors (Lipinski definition) is 6. The summed E-state index contributed by atoms with van der Waals surface area (Å²) in [6.45, 7) is 2.10. The Hall–Kier alpha value is -2.73. The predicted molar refractivity (Wildman–Crippen MR) is 99.8 cm³/mol. The molecular formula is C19H18N4OS. The smallest absolute Gasteiger partial charge is 0.226 e. The second-order valence-corrected chi connectivity index (χ2v) is 6.80. The normalized spacial score (nSPS) is 12.4. The minimum absolute atomic E-state index is 0.198. The number of aromatic nitrogens is 3. The molecule has 1 N–H and O–H groups in total. The Kier molecular flexibility index (Phi) is 4.43. The molecule has 0 radical (unpaired) electrons. The van der Waals surface area contributed by atoms with Crippen LogP contribution in [0.4, 0.5) is 5.13 Å². The first-order valence-electron chi connectivity index (χ1n) is 8.33. The number of hydrogen-bond donors (Lipinski definition) is 1. The summed E-state index contributed by atoms with van der Waals surface area (Å²) in [4.78, 5) is 9.23. The van der Waals surface area contributed by atoms with Crippen molar-refractivity contribution in [2.45, 2.75) is 25.8 Å². The van der Waals surface area contributed by atoms with Gasteiger partial charge in [0.05, 0.1) is 10.2 Å². The summed E-state index contributed by atoms with van der Waals surface area (Å²) in [5, 5.41) is 8.51. The van der Waals surface area contributed by atoms with Crippen LogP contribution in [0.1, 0.15) is 36.7 Å². The van der Waals surface area contributed by atoms with Gasteiger partial charge in [0.25, 0.3) is 0 Å². The van der Waals surface area contributed by atoms with Gasteiger partial charge in [0.15, 0.2) is 11.0 Å². The molecular weight excluding hydrogens is 332 g/mol. The van der Waals surface area contributed by atoms with E-state index in [0.717, 1.165) is 33.8 Å². The summed E-state index contributed by atoms with van der Waals surface area (Å²) < 4.78 is 6.54. The van der Waals surface area contributed by atoms with E-state index in [0.29, 0.717) is 11.7 Å². The molecule has 0 aliphatic rings. The maximum absolute atomic E-state index is 5.39. The van der Waals surface area contributed by atoms with Crippen molar-refractivity contribution in [1.29, 1.82) is 0 Å². The van der Waals surface area contributed by atoms with E-state index in [1.807, 2.05) is 36.4 Å². The molecule has 0 spiro atoms. The van der Waals surface area contributed by atoms with E-state index in [1.165, 1.54) is 0 Å². The van der Waals surface area contributed by atoms with Crippen LogP contribution >= 0.6 is 11.3 Å². The van der Waals surface area contributed by atoms with E-state index in [-0.39, 0.29) is 6.04 Å². The van der Waals surface area contributed by atoms with Crippen molar-refractivity contribution in [3.05, 3.63) is 71.9 Å². The zero-order valence-electron chi connectivity index (χ0n) is 13.8. The predicted octanol–water partition coefficient (Wildman–Crippen LogP) is 4.83. The largest absolute Gasteiger partial charge is 0.347 e. The monoisotopic (exact) mass is 350 g/mol. The van der Waals surface area contributed by atoms with Crippen molar-refractivity contribution in [3.8, 4) is 0 Å². The Balaban J connectivity index is 1.69. The lowest BCUT2D eigenvalue weighted by molar-refractivity contribution is 0.371. The van der Waals surface area contributed by atoms with Crippen LogP contribution in [0.25, 0.3) is 10.2 Å². The molecule has 126 valence electrons. The Bertz CT molecular complexity index is 931. The quantitative estimate of drug-likeness (QED) is 0.539. The summed E-state index contributed by atoms with van der Waals surface area (Å²) in [6, 6.07) is 18.0. The number of fused-ring (bicyclic) bond motifs is 1. The molecule has 1 atom stereocenters. The molecule has 6 heteroatoms. The molecule has 1 unspecified atom stereocenters. The number of benzene rings is 2. The van der Waals surface area contributed by atoms with Crippen molar-refractivity contribution in [2.24, 2.45) is 0 Å². The molecule has 0 amide bonds. The number of rotatable bonds is 6. The Morgan fingerprint density at radius 2 is 1.84 bits per heavy atom. The lowest BCUT2D eigenvalue weighted by Gasteiger charge is -2.14. The fraction of sp³-hybridized carbons (Fsp3) is 0.211. The fourth-order valence-electron chi connectivity index (χ4n) is 2.70. The van der Waals surface area contributed by atoms with E-state index >= 15 is 0 Å². The second kappa shape index (κ2) is 7.03. The number of thiazole rings is 1. The lowest BCUT2D eigenvalue weighted by Crippen LogP contribution is -2.14. The van der Waals surface area contributed by atoms with Gasteiger partial charge in [-0.15, -0.1) is 0 Å². The van der Waals surface area contributed by atoms with E-state index < -0.39 is 0 Å². The van der Waals surface area contributed by atoms with Gasteiger partial charge in [-0.1, -0.05) is 65.9 Å². The van der Waals surface area contributed by atoms with Crippen LogP contribution in [0.2, 0.25) is 0 Å². The lowest BCUT2D eigenvalue weighted by atomic mass is 10.1. The third-order valence-corrected chi connectivity index (χ3v) is 4.87. The van der Waals surface area contributed by atoms with Gasteiger partial charge in [-0.25, -0.2) is 4.98 Å². The van der Waals surface area contributed by atoms with E-state index in [2.05, 4.69) is 45.6 Å². The van der Waals surface area contributed by atoms with Crippen molar-refractivity contribution in [3.63, 3.8) is 0 Å². The Morgan fingerprint density at radius 1 is 1.04 bits per heavy atom. The first kappa shape index (κ1) is 15.8.